The molecule has 0 aliphatic heterocycles. The van der Waals surface area contributed by atoms with Gasteiger partial charge in [-0.2, -0.15) is 0 Å². The molecule has 0 fully saturated rings. The molecule has 0 amide bonds. The van der Waals surface area contributed by atoms with Crippen LogP contribution >= 0.6 is 0 Å². The molecule has 86 valence electrons. The summed E-state index contributed by atoms with van der Waals surface area (Å²) in [6.07, 6.45) is 2.45. The number of hydrogen-bond acceptors (Lipinski definition) is 4. The lowest BCUT2D eigenvalue weighted by Crippen LogP contribution is -2.02. The average Bonchev–Trinajstić information content (AvgIpc) is 2.33. The van der Waals surface area contributed by atoms with Gasteiger partial charge >= 0.3 is 5.97 Å². The summed E-state index contributed by atoms with van der Waals surface area (Å²) in [5.41, 5.74) is 0.512. The number of aromatic nitrogens is 2. The molecule has 5 nitrogen and oxygen atoms in total. The van der Waals surface area contributed by atoms with Gasteiger partial charge in [0.15, 0.2) is 5.69 Å². The van der Waals surface area contributed by atoms with Crippen molar-refractivity contribution in [2.45, 2.75) is 0 Å². The fourth-order valence-electron chi connectivity index (χ4n) is 1.18. The van der Waals surface area contributed by atoms with Crippen LogP contribution < -0.4 is 5.32 Å². The Balaban J connectivity index is 2.13. The van der Waals surface area contributed by atoms with Gasteiger partial charge in [0.05, 0.1) is 12.4 Å². The second kappa shape index (κ2) is 4.56. The van der Waals surface area contributed by atoms with E-state index in [2.05, 4.69) is 15.3 Å². The first-order chi connectivity index (χ1) is 8.15. The van der Waals surface area contributed by atoms with Gasteiger partial charge in [-0.3, -0.25) is 0 Å². The third kappa shape index (κ3) is 2.75. The molecule has 2 N–H and O–H groups in total. The lowest BCUT2D eigenvalue weighted by atomic mass is 10.3. The van der Waals surface area contributed by atoms with Gasteiger partial charge in [-0.05, 0) is 24.3 Å². The van der Waals surface area contributed by atoms with E-state index in [4.69, 9.17) is 5.11 Å². The number of carboxylic acids is 1. The van der Waals surface area contributed by atoms with Crippen LogP contribution in [0.15, 0.2) is 36.7 Å². The zero-order valence-electron chi connectivity index (χ0n) is 8.59. The topological polar surface area (TPSA) is 75.1 Å². The first-order valence-electron chi connectivity index (χ1n) is 4.73. The van der Waals surface area contributed by atoms with Gasteiger partial charge < -0.3 is 10.4 Å². The van der Waals surface area contributed by atoms with Gasteiger partial charge in [0.25, 0.3) is 0 Å². The van der Waals surface area contributed by atoms with E-state index in [1.807, 2.05) is 0 Å². The molecule has 0 aliphatic rings. The van der Waals surface area contributed by atoms with E-state index in [-0.39, 0.29) is 11.5 Å². The summed E-state index contributed by atoms with van der Waals surface area (Å²) < 4.78 is 12.6. The molecule has 0 atom stereocenters. The Kier molecular flexibility index (Phi) is 2.95. The van der Waals surface area contributed by atoms with Crippen molar-refractivity contribution in [1.82, 2.24) is 9.97 Å². The Labute approximate surface area is 96.0 Å². The van der Waals surface area contributed by atoms with Crippen molar-refractivity contribution < 1.29 is 14.3 Å². The Bertz CT molecular complexity index is 525. The van der Waals surface area contributed by atoms with Crippen molar-refractivity contribution in [3.8, 4) is 0 Å². The summed E-state index contributed by atoms with van der Waals surface area (Å²) in [5, 5.41) is 11.5. The molecule has 0 unspecified atom stereocenters. The van der Waals surface area contributed by atoms with Crippen LogP contribution in [-0.2, 0) is 0 Å². The van der Waals surface area contributed by atoms with Crippen LogP contribution in [0.5, 0.6) is 0 Å². The lowest BCUT2D eigenvalue weighted by molar-refractivity contribution is 0.0690. The quantitative estimate of drug-likeness (QED) is 0.848. The normalized spacial score (nSPS) is 9.94. The summed E-state index contributed by atoms with van der Waals surface area (Å²) in [5.74, 6) is -1.07. The van der Waals surface area contributed by atoms with Crippen LogP contribution in [0.3, 0.4) is 0 Å². The van der Waals surface area contributed by atoms with Crippen molar-refractivity contribution in [2.24, 2.45) is 0 Å². The molecule has 0 radical (unpaired) electrons. The minimum Gasteiger partial charge on any atom is -0.476 e. The zero-order valence-corrected chi connectivity index (χ0v) is 8.59. The number of nitrogens with zero attached hydrogens (tertiary/aromatic N) is 2. The highest BCUT2D eigenvalue weighted by atomic mass is 19.1. The van der Waals surface area contributed by atoms with E-state index in [1.165, 1.54) is 18.3 Å². The fourth-order valence-corrected chi connectivity index (χ4v) is 1.18. The summed E-state index contributed by atoms with van der Waals surface area (Å²) in [6, 6.07) is 5.70. The van der Waals surface area contributed by atoms with E-state index >= 15 is 0 Å². The van der Waals surface area contributed by atoms with Gasteiger partial charge in [-0.25, -0.2) is 19.2 Å². The van der Waals surface area contributed by atoms with Crippen LogP contribution in [0.4, 0.5) is 15.9 Å². The molecular weight excluding hydrogens is 225 g/mol. The molecule has 0 bridgehead atoms. The number of anilines is 2. The van der Waals surface area contributed by atoms with E-state index < -0.39 is 5.97 Å². The van der Waals surface area contributed by atoms with Crippen LogP contribution in [0, 0.1) is 5.82 Å². The molecule has 17 heavy (non-hydrogen) atoms. The monoisotopic (exact) mass is 233 g/mol. The third-order valence-corrected chi connectivity index (χ3v) is 1.99. The van der Waals surface area contributed by atoms with E-state index in [9.17, 15) is 9.18 Å². The summed E-state index contributed by atoms with van der Waals surface area (Å²) in [7, 11) is 0. The average molecular weight is 233 g/mol. The first-order valence-corrected chi connectivity index (χ1v) is 4.73. The van der Waals surface area contributed by atoms with Crippen molar-refractivity contribution in [2.75, 3.05) is 5.32 Å². The van der Waals surface area contributed by atoms with Crippen LogP contribution in [-0.4, -0.2) is 21.0 Å². The molecule has 1 aromatic carbocycles. The molecule has 1 aromatic heterocycles. The summed E-state index contributed by atoms with van der Waals surface area (Å²) in [6.45, 7) is 0. The van der Waals surface area contributed by atoms with Gasteiger partial charge in [0.1, 0.15) is 11.6 Å². The number of halogens is 1. The molecule has 0 saturated heterocycles. The molecule has 1 heterocycles. The molecular formula is C11H8FN3O2. The maximum Gasteiger partial charge on any atom is 0.356 e. The number of benzene rings is 1. The second-order valence-corrected chi connectivity index (χ2v) is 3.22. The standard InChI is InChI=1S/C11H8FN3O2/c12-7-1-3-8(4-2-7)15-10-6-13-9(5-14-10)11(16)17/h1-6H,(H,14,15)(H,16,17). The number of aromatic carboxylic acids is 1. The molecule has 2 rings (SSSR count). The van der Waals surface area contributed by atoms with Gasteiger partial charge in [0, 0.05) is 5.69 Å². The van der Waals surface area contributed by atoms with Gasteiger partial charge in [-0.1, -0.05) is 0 Å². The minimum atomic E-state index is -1.13. The van der Waals surface area contributed by atoms with Gasteiger partial charge in [0.2, 0.25) is 0 Å². The fraction of sp³-hybridized carbons (Fsp3) is 0. The van der Waals surface area contributed by atoms with Crippen LogP contribution in [0.1, 0.15) is 10.5 Å². The highest BCUT2D eigenvalue weighted by Crippen LogP contribution is 2.13. The Morgan fingerprint density at radius 2 is 1.88 bits per heavy atom. The SMILES string of the molecule is O=C(O)c1cnc(Nc2ccc(F)cc2)cn1. The van der Waals surface area contributed by atoms with Crippen LogP contribution in [0.25, 0.3) is 0 Å². The lowest BCUT2D eigenvalue weighted by Gasteiger charge is -2.04. The molecule has 0 spiro atoms. The Morgan fingerprint density at radius 3 is 2.41 bits per heavy atom. The summed E-state index contributed by atoms with van der Waals surface area (Å²) >= 11 is 0. The highest BCUT2D eigenvalue weighted by Gasteiger charge is 2.04. The molecule has 2 aromatic rings. The maximum absolute atomic E-state index is 12.6. The largest absolute Gasteiger partial charge is 0.476 e. The number of carbonyl (C=O) groups is 1. The number of hydrogen-bond donors (Lipinski definition) is 2. The Hall–Kier alpha value is -2.50. The van der Waals surface area contributed by atoms with E-state index in [0.717, 1.165) is 6.20 Å². The van der Waals surface area contributed by atoms with E-state index in [1.54, 1.807) is 12.1 Å². The minimum absolute atomic E-state index is 0.130. The van der Waals surface area contributed by atoms with E-state index in [0.29, 0.717) is 11.5 Å². The van der Waals surface area contributed by atoms with Crippen molar-refractivity contribution in [1.29, 1.82) is 0 Å². The van der Waals surface area contributed by atoms with Crippen molar-refractivity contribution >= 4 is 17.5 Å². The predicted octanol–water partition coefficient (Wildman–Crippen LogP) is 2.06. The highest BCUT2D eigenvalue weighted by molar-refractivity contribution is 5.84. The second-order valence-electron chi connectivity index (χ2n) is 3.22. The molecule has 6 heteroatoms. The van der Waals surface area contributed by atoms with Gasteiger partial charge in [-0.15, -0.1) is 0 Å². The zero-order chi connectivity index (χ0) is 12.3. The number of carboxylic acid groups (broad SMARTS) is 1. The first kappa shape index (κ1) is 11.0. The number of nitrogens with one attached hydrogen (secondary N) is 1. The van der Waals surface area contributed by atoms with Crippen LogP contribution in [0.2, 0.25) is 0 Å². The summed E-state index contributed by atoms with van der Waals surface area (Å²) in [4.78, 5) is 18.1. The molecule has 0 aliphatic carbocycles. The van der Waals surface area contributed by atoms with Crippen molar-refractivity contribution in [3.63, 3.8) is 0 Å². The maximum atomic E-state index is 12.6. The predicted molar refractivity (Wildman–Crippen MR) is 58.7 cm³/mol. The smallest absolute Gasteiger partial charge is 0.356 e. The Morgan fingerprint density at radius 1 is 1.18 bits per heavy atom. The number of rotatable bonds is 3. The third-order valence-electron chi connectivity index (χ3n) is 1.99. The van der Waals surface area contributed by atoms with Crippen molar-refractivity contribution in [3.05, 3.63) is 48.2 Å². The molecule has 0 saturated carbocycles.